The van der Waals surface area contributed by atoms with Crippen LogP contribution in [0.5, 0.6) is 5.88 Å². The summed E-state index contributed by atoms with van der Waals surface area (Å²) in [6.45, 7) is 5.78. The number of likely N-dealkylation sites (N-methyl/N-ethyl adjacent to an activating group) is 1. The summed E-state index contributed by atoms with van der Waals surface area (Å²) in [6.07, 6.45) is 2.60. The molecule has 1 aromatic heterocycles. The minimum Gasteiger partial charge on any atom is -0.476 e. The van der Waals surface area contributed by atoms with Gasteiger partial charge in [0.15, 0.2) is 0 Å². The Morgan fingerprint density at radius 1 is 1.37 bits per heavy atom. The quantitative estimate of drug-likeness (QED) is 0.817. The van der Waals surface area contributed by atoms with Gasteiger partial charge >= 0.3 is 0 Å². The van der Waals surface area contributed by atoms with Crippen molar-refractivity contribution in [1.29, 1.82) is 0 Å². The van der Waals surface area contributed by atoms with Crippen molar-refractivity contribution in [1.82, 2.24) is 15.2 Å². The lowest BCUT2D eigenvalue weighted by Gasteiger charge is -2.31. The maximum Gasteiger partial charge on any atom is 0.213 e. The van der Waals surface area contributed by atoms with Gasteiger partial charge in [0.2, 0.25) is 5.88 Å². The fourth-order valence-electron chi connectivity index (χ4n) is 1.55. The molecule has 0 spiro atoms. The van der Waals surface area contributed by atoms with Gasteiger partial charge in [0.05, 0.1) is 5.69 Å². The fraction of sp³-hybridized carbons (Fsp3) is 0.667. The van der Waals surface area contributed by atoms with Crippen molar-refractivity contribution in [3.63, 3.8) is 0 Å². The Kier molecular flexibility index (Phi) is 4.42. The molecule has 106 valence electrons. The van der Waals surface area contributed by atoms with Gasteiger partial charge < -0.3 is 15.0 Å². The first kappa shape index (κ1) is 14.3. The van der Waals surface area contributed by atoms with E-state index in [0.717, 1.165) is 12.2 Å². The first-order valence-corrected chi connectivity index (χ1v) is 6.97. The zero-order chi connectivity index (χ0) is 13.9. The summed E-state index contributed by atoms with van der Waals surface area (Å²) >= 11 is 0. The van der Waals surface area contributed by atoms with Gasteiger partial charge in [0, 0.05) is 24.2 Å². The average Bonchev–Trinajstić information content (AvgIpc) is 3.18. The molecule has 0 aromatic carbocycles. The summed E-state index contributed by atoms with van der Waals surface area (Å²) < 4.78 is 5.81. The highest BCUT2D eigenvalue weighted by atomic mass is 16.5. The Hall–Kier alpha value is -1.13. The average molecular weight is 263 g/mol. The molecule has 1 aliphatic rings. The zero-order valence-electron chi connectivity index (χ0n) is 12.4. The van der Waals surface area contributed by atoms with Crippen molar-refractivity contribution in [3.8, 4) is 5.88 Å². The normalized spacial score (nSPS) is 15.8. The van der Waals surface area contributed by atoms with Gasteiger partial charge in [-0.25, -0.2) is 4.98 Å². The van der Waals surface area contributed by atoms with Gasteiger partial charge in [-0.1, -0.05) is 6.07 Å². The van der Waals surface area contributed by atoms with Gasteiger partial charge in [0.25, 0.3) is 0 Å². The lowest BCUT2D eigenvalue weighted by molar-refractivity contribution is 0.111. The third-order valence-electron chi connectivity index (χ3n) is 3.71. The van der Waals surface area contributed by atoms with Crippen molar-refractivity contribution >= 4 is 0 Å². The molecule has 0 radical (unpaired) electrons. The van der Waals surface area contributed by atoms with Gasteiger partial charge in [-0.05, 0) is 46.9 Å². The Morgan fingerprint density at radius 2 is 2.11 bits per heavy atom. The van der Waals surface area contributed by atoms with E-state index in [4.69, 9.17) is 4.74 Å². The van der Waals surface area contributed by atoms with Crippen molar-refractivity contribution < 1.29 is 4.74 Å². The van der Waals surface area contributed by atoms with Crippen LogP contribution in [0.2, 0.25) is 0 Å². The van der Waals surface area contributed by atoms with E-state index in [-0.39, 0.29) is 5.54 Å². The Balaban J connectivity index is 1.87. The maximum absolute atomic E-state index is 5.81. The number of pyridine rings is 1. The largest absolute Gasteiger partial charge is 0.476 e. The Labute approximate surface area is 116 Å². The zero-order valence-corrected chi connectivity index (χ0v) is 12.4. The van der Waals surface area contributed by atoms with Gasteiger partial charge in [-0.3, -0.25) is 0 Å². The van der Waals surface area contributed by atoms with Crippen molar-refractivity contribution in [2.45, 2.75) is 44.8 Å². The number of rotatable bonds is 7. The van der Waals surface area contributed by atoms with Crippen LogP contribution < -0.4 is 10.1 Å². The Morgan fingerprint density at radius 3 is 2.74 bits per heavy atom. The van der Waals surface area contributed by atoms with Crippen LogP contribution in [0.4, 0.5) is 0 Å². The molecule has 1 aliphatic carbocycles. The molecular weight excluding hydrogens is 238 g/mol. The molecule has 1 saturated carbocycles. The van der Waals surface area contributed by atoms with E-state index in [0.29, 0.717) is 18.5 Å². The molecule has 0 amide bonds. The molecule has 1 fully saturated rings. The molecule has 0 unspecified atom stereocenters. The second kappa shape index (κ2) is 5.88. The summed E-state index contributed by atoms with van der Waals surface area (Å²) in [5.41, 5.74) is 1.05. The van der Waals surface area contributed by atoms with E-state index in [9.17, 15) is 0 Å². The van der Waals surface area contributed by atoms with E-state index in [1.165, 1.54) is 12.8 Å². The molecule has 4 heteroatoms. The second-order valence-electron chi connectivity index (χ2n) is 6.12. The highest BCUT2D eigenvalue weighted by Crippen LogP contribution is 2.19. The third-order valence-corrected chi connectivity index (χ3v) is 3.71. The van der Waals surface area contributed by atoms with E-state index in [2.05, 4.69) is 43.1 Å². The SMILES string of the molecule is CN(C)C(C)(C)COc1cccc(CNC2CC2)n1. The predicted molar refractivity (Wildman–Crippen MR) is 77.4 cm³/mol. The molecule has 0 aliphatic heterocycles. The van der Waals surface area contributed by atoms with Crippen LogP contribution in [0.25, 0.3) is 0 Å². The smallest absolute Gasteiger partial charge is 0.213 e. The summed E-state index contributed by atoms with van der Waals surface area (Å²) in [5, 5.41) is 3.46. The van der Waals surface area contributed by atoms with E-state index in [1.807, 2.05) is 18.2 Å². The van der Waals surface area contributed by atoms with Crippen LogP contribution >= 0.6 is 0 Å². The molecular formula is C15H25N3O. The van der Waals surface area contributed by atoms with Crippen molar-refractivity contribution in [3.05, 3.63) is 23.9 Å². The number of hydrogen-bond donors (Lipinski definition) is 1. The molecule has 1 N–H and O–H groups in total. The second-order valence-corrected chi connectivity index (χ2v) is 6.12. The van der Waals surface area contributed by atoms with E-state index >= 15 is 0 Å². The number of nitrogens with zero attached hydrogens (tertiary/aromatic N) is 2. The standard InChI is InChI=1S/C15H25N3O/c1-15(2,18(3)4)11-19-14-7-5-6-13(17-14)10-16-12-8-9-12/h5-7,12,16H,8-11H2,1-4H3. The lowest BCUT2D eigenvalue weighted by atomic mass is 10.1. The van der Waals surface area contributed by atoms with Crippen LogP contribution in [0.15, 0.2) is 18.2 Å². The van der Waals surface area contributed by atoms with Crippen molar-refractivity contribution in [2.24, 2.45) is 0 Å². The monoisotopic (exact) mass is 263 g/mol. The summed E-state index contributed by atoms with van der Waals surface area (Å²) in [5.74, 6) is 0.713. The van der Waals surface area contributed by atoms with Gasteiger partial charge in [-0.2, -0.15) is 0 Å². The number of hydrogen-bond acceptors (Lipinski definition) is 4. The summed E-state index contributed by atoms with van der Waals surface area (Å²) in [4.78, 5) is 6.69. The Bertz CT molecular complexity index is 414. The topological polar surface area (TPSA) is 37.4 Å². The summed E-state index contributed by atoms with van der Waals surface area (Å²) in [7, 11) is 4.12. The molecule has 0 atom stereocenters. The molecule has 0 bridgehead atoms. The lowest BCUT2D eigenvalue weighted by Crippen LogP contribution is -2.43. The van der Waals surface area contributed by atoms with Crippen molar-refractivity contribution in [2.75, 3.05) is 20.7 Å². The minimum absolute atomic E-state index is 0.00392. The van der Waals surface area contributed by atoms with Crippen LogP contribution in [-0.4, -0.2) is 42.2 Å². The van der Waals surface area contributed by atoms with Crippen LogP contribution in [0, 0.1) is 0 Å². The first-order chi connectivity index (χ1) is 8.97. The highest BCUT2D eigenvalue weighted by molar-refractivity contribution is 5.16. The molecule has 4 nitrogen and oxygen atoms in total. The number of aromatic nitrogens is 1. The van der Waals surface area contributed by atoms with Crippen LogP contribution in [0.3, 0.4) is 0 Å². The molecule has 1 aromatic rings. The van der Waals surface area contributed by atoms with Crippen LogP contribution in [-0.2, 0) is 6.54 Å². The summed E-state index contributed by atoms with van der Waals surface area (Å²) in [6, 6.07) is 6.68. The fourth-order valence-corrected chi connectivity index (χ4v) is 1.55. The molecule has 19 heavy (non-hydrogen) atoms. The van der Waals surface area contributed by atoms with Crippen LogP contribution in [0.1, 0.15) is 32.4 Å². The molecule has 0 saturated heterocycles. The van der Waals surface area contributed by atoms with E-state index in [1.54, 1.807) is 0 Å². The number of ether oxygens (including phenoxy) is 1. The maximum atomic E-state index is 5.81. The first-order valence-electron chi connectivity index (χ1n) is 6.97. The highest BCUT2D eigenvalue weighted by Gasteiger charge is 2.22. The minimum atomic E-state index is 0.00392. The third kappa shape index (κ3) is 4.48. The van der Waals surface area contributed by atoms with E-state index < -0.39 is 0 Å². The van der Waals surface area contributed by atoms with Gasteiger partial charge in [-0.15, -0.1) is 0 Å². The van der Waals surface area contributed by atoms with Gasteiger partial charge in [0.1, 0.15) is 6.61 Å². The molecule has 2 rings (SSSR count). The predicted octanol–water partition coefficient (Wildman–Crippen LogP) is 2.05. The number of nitrogens with one attached hydrogen (secondary N) is 1. The molecule has 1 heterocycles.